The Morgan fingerprint density at radius 1 is 0.857 bits per heavy atom. The van der Waals surface area contributed by atoms with Crippen LogP contribution in [0.25, 0.3) is 0 Å². The Labute approximate surface area is 214 Å². The van der Waals surface area contributed by atoms with Gasteiger partial charge in [0.15, 0.2) is 0 Å². The van der Waals surface area contributed by atoms with E-state index in [1.165, 1.54) is 0 Å². The number of carbonyl (C=O) groups excluding carboxylic acids is 2. The molecule has 0 spiro atoms. The molecule has 0 unspecified atom stereocenters. The highest BCUT2D eigenvalue weighted by Crippen LogP contribution is 2.27. The topological polar surface area (TPSA) is 71.1 Å². The average molecular weight is 514 g/mol. The quantitative estimate of drug-likeness (QED) is 0.488. The molecular weight excluding hydrogens is 489 g/mol. The number of rotatable bonds is 6. The van der Waals surface area contributed by atoms with Crippen LogP contribution in [0.4, 0.5) is 11.4 Å². The first-order valence-corrected chi connectivity index (χ1v) is 11.8. The first-order chi connectivity index (χ1) is 16.9. The highest BCUT2D eigenvalue weighted by molar-refractivity contribution is 6.44. The van der Waals surface area contributed by atoms with Crippen molar-refractivity contribution < 1.29 is 19.1 Å². The van der Waals surface area contributed by atoms with E-state index in [2.05, 4.69) is 10.2 Å². The Balaban J connectivity index is 1.36. The van der Waals surface area contributed by atoms with Crippen molar-refractivity contribution in [3.63, 3.8) is 0 Å². The zero-order valence-corrected chi connectivity index (χ0v) is 20.9. The van der Waals surface area contributed by atoms with Crippen molar-refractivity contribution in [1.82, 2.24) is 4.90 Å². The normalized spacial score (nSPS) is 13.4. The van der Waals surface area contributed by atoms with Gasteiger partial charge in [-0.1, -0.05) is 29.3 Å². The van der Waals surface area contributed by atoms with Gasteiger partial charge in [0, 0.05) is 49.2 Å². The summed E-state index contributed by atoms with van der Waals surface area (Å²) in [6.45, 7) is 2.56. The van der Waals surface area contributed by atoms with E-state index in [0.29, 0.717) is 59.5 Å². The third kappa shape index (κ3) is 5.63. The molecule has 0 atom stereocenters. The van der Waals surface area contributed by atoms with Gasteiger partial charge in [-0.2, -0.15) is 0 Å². The second-order valence-corrected chi connectivity index (χ2v) is 8.77. The van der Waals surface area contributed by atoms with Gasteiger partial charge in [-0.05, 0) is 48.5 Å². The van der Waals surface area contributed by atoms with Gasteiger partial charge in [-0.15, -0.1) is 0 Å². The van der Waals surface area contributed by atoms with Crippen molar-refractivity contribution >= 4 is 46.4 Å². The second-order valence-electron chi connectivity index (χ2n) is 7.98. The zero-order valence-electron chi connectivity index (χ0n) is 19.4. The second kappa shape index (κ2) is 10.9. The summed E-state index contributed by atoms with van der Waals surface area (Å²) < 4.78 is 10.6. The molecular formula is C26H25Cl2N3O4. The minimum atomic E-state index is -0.327. The molecule has 0 bridgehead atoms. The summed E-state index contributed by atoms with van der Waals surface area (Å²) in [7, 11) is 3.12. The Morgan fingerprint density at radius 2 is 1.49 bits per heavy atom. The molecule has 1 saturated heterocycles. The zero-order chi connectivity index (χ0) is 24.9. The van der Waals surface area contributed by atoms with Crippen LogP contribution in [0.2, 0.25) is 10.0 Å². The molecule has 7 nitrogen and oxygen atoms in total. The Bertz CT molecular complexity index is 1200. The third-order valence-corrected chi connectivity index (χ3v) is 6.67. The van der Waals surface area contributed by atoms with Gasteiger partial charge in [0.05, 0.1) is 29.8 Å². The number of amides is 2. The molecule has 1 N–H and O–H groups in total. The van der Waals surface area contributed by atoms with Gasteiger partial charge in [0.2, 0.25) is 0 Å². The maximum atomic E-state index is 13.0. The predicted octanol–water partition coefficient (Wildman–Crippen LogP) is 5.23. The predicted molar refractivity (Wildman–Crippen MR) is 139 cm³/mol. The van der Waals surface area contributed by atoms with E-state index in [1.54, 1.807) is 50.6 Å². The lowest BCUT2D eigenvalue weighted by molar-refractivity contribution is 0.0746. The molecule has 0 saturated carbocycles. The molecule has 0 radical (unpaired) electrons. The van der Waals surface area contributed by atoms with Crippen molar-refractivity contribution in [2.75, 3.05) is 50.6 Å². The highest BCUT2D eigenvalue weighted by atomic mass is 35.5. The maximum absolute atomic E-state index is 13.0. The molecule has 0 aliphatic carbocycles. The smallest absolute Gasteiger partial charge is 0.257 e. The number of ether oxygens (including phenoxy) is 2. The fourth-order valence-electron chi connectivity index (χ4n) is 3.91. The van der Waals surface area contributed by atoms with Crippen LogP contribution in [0.3, 0.4) is 0 Å². The van der Waals surface area contributed by atoms with Crippen LogP contribution in [0.5, 0.6) is 11.5 Å². The fourth-order valence-corrected chi connectivity index (χ4v) is 4.30. The van der Waals surface area contributed by atoms with Crippen molar-refractivity contribution in [3.05, 3.63) is 81.8 Å². The van der Waals surface area contributed by atoms with E-state index >= 15 is 0 Å². The van der Waals surface area contributed by atoms with E-state index in [4.69, 9.17) is 32.7 Å². The van der Waals surface area contributed by atoms with Gasteiger partial charge < -0.3 is 24.6 Å². The van der Waals surface area contributed by atoms with Gasteiger partial charge in [-0.25, -0.2) is 0 Å². The van der Waals surface area contributed by atoms with Crippen LogP contribution >= 0.6 is 23.2 Å². The SMILES string of the molecule is COc1cc(OC)cc(C(=O)N2CCN(c3ccc(NC(=O)c4cccc(Cl)c4Cl)cc3)CC2)c1. The molecule has 0 aromatic heterocycles. The van der Waals surface area contributed by atoms with E-state index < -0.39 is 0 Å². The first kappa shape index (κ1) is 24.7. The van der Waals surface area contributed by atoms with E-state index in [9.17, 15) is 9.59 Å². The van der Waals surface area contributed by atoms with Crippen LogP contribution in [0, 0.1) is 0 Å². The monoisotopic (exact) mass is 513 g/mol. The number of halogens is 2. The third-order valence-electron chi connectivity index (χ3n) is 5.85. The molecule has 1 heterocycles. The lowest BCUT2D eigenvalue weighted by Crippen LogP contribution is -2.48. The first-order valence-electron chi connectivity index (χ1n) is 11.0. The Morgan fingerprint density at radius 3 is 2.09 bits per heavy atom. The molecule has 35 heavy (non-hydrogen) atoms. The largest absolute Gasteiger partial charge is 0.497 e. The summed E-state index contributed by atoms with van der Waals surface area (Å²) >= 11 is 12.2. The van der Waals surface area contributed by atoms with Gasteiger partial charge in [0.25, 0.3) is 11.8 Å². The molecule has 1 fully saturated rings. The minimum absolute atomic E-state index is 0.0559. The van der Waals surface area contributed by atoms with Crippen molar-refractivity contribution in [2.24, 2.45) is 0 Å². The number of nitrogens with one attached hydrogen (secondary N) is 1. The van der Waals surface area contributed by atoms with E-state index in [0.717, 1.165) is 5.69 Å². The number of carbonyl (C=O) groups is 2. The van der Waals surface area contributed by atoms with Gasteiger partial charge in [0.1, 0.15) is 11.5 Å². The minimum Gasteiger partial charge on any atom is -0.497 e. The number of hydrogen-bond donors (Lipinski definition) is 1. The standard InChI is InChI=1S/C26H25Cl2N3O4/c1-34-20-14-17(15-21(16-20)35-2)26(33)31-12-10-30(11-13-31)19-8-6-18(7-9-19)29-25(32)22-4-3-5-23(27)24(22)28/h3-9,14-16H,10-13H2,1-2H3,(H,29,32). The highest BCUT2D eigenvalue weighted by Gasteiger charge is 2.23. The summed E-state index contributed by atoms with van der Waals surface area (Å²) in [5, 5.41) is 3.40. The summed E-state index contributed by atoms with van der Waals surface area (Å²) in [5.41, 5.74) is 2.52. The van der Waals surface area contributed by atoms with Crippen LogP contribution < -0.4 is 19.7 Å². The average Bonchev–Trinajstić information content (AvgIpc) is 2.90. The molecule has 1 aliphatic rings. The maximum Gasteiger partial charge on any atom is 0.257 e. The Kier molecular flexibility index (Phi) is 7.68. The Hall–Kier alpha value is -3.42. The summed E-state index contributed by atoms with van der Waals surface area (Å²) in [4.78, 5) is 29.6. The van der Waals surface area contributed by atoms with Crippen molar-refractivity contribution in [2.45, 2.75) is 0 Å². The van der Waals surface area contributed by atoms with Crippen LogP contribution in [0.15, 0.2) is 60.7 Å². The number of benzene rings is 3. The fraction of sp³-hybridized carbons (Fsp3) is 0.231. The van der Waals surface area contributed by atoms with Crippen LogP contribution in [-0.4, -0.2) is 57.1 Å². The molecule has 182 valence electrons. The summed E-state index contributed by atoms with van der Waals surface area (Å²) in [6, 6.07) is 17.7. The number of anilines is 2. The molecule has 2 amide bonds. The molecule has 3 aromatic rings. The summed E-state index contributed by atoms with van der Waals surface area (Å²) in [6.07, 6.45) is 0. The van der Waals surface area contributed by atoms with Crippen molar-refractivity contribution in [3.8, 4) is 11.5 Å². The number of hydrogen-bond acceptors (Lipinski definition) is 5. The summed E-state index contributed by atoms with van der Waals surface area (Å²) in [5.74, 6) is 0.776. The van der Waals surface area contributed by atoms with E-state index in [-0.39, 0.29) is 16.8 Å². The number of piperazine rings is 1. The van der Waals surface area contributed by atoms with Crippen molar-refractivity contribution in [1.29, 1.82) is 0 Å². The number of nitrogens with zero attached hydrogens (tertiary/aromatic N) is 2. The van der Waals surface area contributed by atoms with Gasteiger partial charge in [-0.3, -0.25) is 9.59 Å². The molecule has 4 rings (SSSR count). The number of methoxy groups -OCH3 is 2. The van der Waals surface area contributed by atoms with E-state index in [1.807, 2.05) is 29.2 Å². The lowest BCUT2D eigenvalue weighted by atomic mass is 10.1. The lowest BCUT2D eigenvalue weighted by Gasteiger charge is -2.36. The van der Waals surface area contributed by atoms with Crippen LogP contribution in [0.1, 0.15) is 20.7 Å². The molecule has 3 aromatic carbocycles. The van der Waals surface area contributed by atoms with Crippen LogP contribution in [-0.2, 0) is 0 Å². The molecule has 1 aliphatic heterocycles. The molecule has 9 heteroatoms. The van der Waals surface area contributed by atoms with Gasteiger partial charge >= 0.3 is 0 Å².